The number of aromatic nitrogens is 8. The largest absolute Gasteiger partial charge is 0.444 e. The number of hydrogen-bond donors (Lipinski definition) is 5. The van der Waals surface area contributed by atoms with Gasteiger partial charge in [0.2, 0.25) is 0 Å². The average Bonchev–Trinajstić information content (AvgIpc) is 0.802. The molecule has 5 aromatic carbocycles. The van der Waals surface area contributed by atoms with Gasteiger partial charge in [-0.2, -0.15) is 0 Å². The second-order valence-electron chi connectivity index (χ2n) is 34.2. The Bertz CT molecular complexity index is 4710. The normalized spacial score (nSPS) is 15.7. The Hall–Kier alpha value is -4.08. The molecule has 0 saturated carbocycles. The number of amides is 3. The Morgan fingerprint density at radius 2 is 0.857 bits per heavy atom. The Labute approximate surface area is 832 Å². The summed E-state index contributed by atoms with van der Waals surface area (Å²) in [7, 11) is 8.26. The first kappa shape index (κ1) is 114. The van der Waals surface area contributed by atoms with Gasteiger partial charge in [-0.25, -0.2) is 9.59 Å². The summed E-state index contributed by atoms with van der Waals surface area (Å²) in [4.78, 5) is 65.1. The Kier molecular flexibility index (Phi) is 50.4. The molecule has 6 atom stereocenters. The van der Waals surface area contributed by atoms with Crippen LogP contribution in [0.25, 0.3) is 33.8 Å². The van der Waals surface area contributed by atoms with E-state index in [9.17, 15) is 9.59 Å². The van der Waals surface area contributed by atoms with Gasteiger partial charge in [0.05, 0.1) is 98.0 Å². The Balaban J connectivity index is 0.000000315. The van der Waals surface area contributed by atoms with Gasteiger partial charge in [-0.3, -0.25) is 29.9 Å². The van der Waals surface area contributed by atoms with Crippen LogP contribution in [0.4, 0.5) is 9.59 Å². The van der Waals surface area contributed by atoms with Crippen molar-refractivity contribution in [1.29, 1.82) is 0 Å². The van der Waals surface area contributed by atoms with Gasteiger partial charge in [-0.1, -0.05) is 214 Å². The Morgan fingerprint density at radius 3 is 1.22 bits per heavy atom. The molecular weight excluding hydrogens is 2130 g/mol. The van der Waals surface area contributed by atoms with Gasteiger partial charge < -0.3 is 46.9 Å². The standard InChI is InChI=1S/C22H29Cl2N5O.C13H16Cl2INO2.C13H12Cl2N2.C12H11Cl2N3.C9H20N2.C8H8Cl2IN.C4H3N2.3C4H9.CH4.Sn/c1-14(27-21(30)29(5)18-8-11-28(4)13-22(18,2)3)15-6-7-16(20(24)19(15)23)17-12-25-9-10-26-17;1-7(17-12(18)19-13(2,3)4)8-5-6-9(16)11(15)10(8)14;1-8(2)9-3-4-10(13(15)12(9)14)11-7-16-5-6-17-11;1-7(15)8-2-3-9(12(14)11(8)13)10-6-16-4-5-17-10;1-9(2)7-11(4)6-5-8(9)10-3;1-4(12)5-2-3-6(11)8(10)7(5)9;1-2-6-4-3-5-1;3*1-3-4-2;;/h6-7,9-10,12,14,18H,8,11,13H2,1-5H3,(H,27,30);5-7H,1-4H3,(H,17,18);3-8H,1-2H3;2-7H,15H2,1H3;8,10H,5-7H2,1-4H3;2-4H,12H2,1H3;1-3H;3*1,3-4H2,2H3;1H4;/t14-,18+;7-;;7-;8-;4-;;;;;;/m00.010....../s1. The second kappa shape index (κ2) is 55.6. The van der Waals surface area contributed by atoms with Crippen molar-refractivity contribution >= 4 is 195 Å². The third-order valence-electron chi connectivity index (χ3n) is 21.6. The minimum atomic E-state index is -2.27. The number of nitrogens with two attached hydrogens (primary N) is 2. The predicted octanol–water partition coefficient (Wildman–Crippen LogP) is 27.8. The van der Waals surface area contributed by atoms with Crippen molar-refractivity contribution in [2.45, 2.75) is 231 Å². The number of likely N-dealkylation sites (tertiary alicyclic amines) is 2. The molecule has 7 N–H and O–H groups in total. The number of alkyl carbamates (subject to hydrolysis) is 1. The van der Waals surface area contributed by atoms with Crippen LogP contribution in [0.15, 0.2) is 135 Å². The topological polar surface area (TPSA) is 244 Å². The number of piperidine rings is 2. The molecule has 9 aromatic rings. The molecule has 3 amide bonds. The number of urea groups is 1. The summed E-state index contributed by atoms with van der Waals surface area (Å²) in [6, 6.07) is 18.8. The molecule has 0 radical (unpaired) electrons. The van der Waals surface area contributed by atoms with E-state index < -0.39 is 30.1 Å². The van der Waals surface area contributed by atoms with E-state index in [-0.39, 0.29) is 49.1 Å². The van der Waals surface area contributed by atoms with E-state index in [1.54, 1.807) is 55.8 Å². The molecule has 0 spiro atoms. The van der Waals surface area contributed by atoms with Crippen LogP contribution in [0, 0.1) is 18.0 Å². The zero-order chi connectivity index (χ0) is 93.4. The van der Waals surface area contributed by atoms with Gasteiger partial charge in [0.15, 0.2) is 0 Å². The van der Waals surface area contributed by atoms with Crippen molar-refractivity contribution in [1.82, 2.24) is 70.5 Å². The van der Waals surface area contributed by atoms with Gasteiger partial charge in [0.1, 0.15) is 5.60 Å². The summed E-state index contributed by atoms with van der Waals surface area (Å²) in [5.74, 6) is 0.343. The number of nitrogens with zero attached hydrogens (tertiary/aromatic N) is 11. The van der Waals surface area contributed by atoms with Crippen LogP contribution in [-0.4, -0.2) is 157 Å². The van der Waals surface area contributed by atoms with Crippen LogP contribution in [0.2, 0.25) is 63.5 Å². The monoisotopic (exact) mass is 2250 g/mol. The summed E-state index contributed by atoms with van der Waals surface area (Å²) in [6.07, 6.45) is 30.3. The molecule has 32 heteroatoms. The van der Waals surface area contributed by atoms with Crippen molar-refractivity contribution in [3.63, 3.8) is 0 Å². The SMILES string of the molecule is C.CC(C)c1ccc(-c2cnccn2)c(Cl)c1Cl.CCC[CH2][Sn]([CH2]CCC)([CH2]CCC)[c]1cnccn1.CN[C@@H]1CCN(C)CC1(C)C.C[C@H](N)c1ccc(-c2cnccn2)c(Cl)c1Cl.C[C@H](N)c1ccc(I)c(Cl)c1Cl.C[C@H](NC(=O)N(C)[C@@H]1CCN(C)CC1(C)C)c1ccc(-c2cnccn2)c(Cl)c1Cl.C[C@H](NC(=O)OC(C)(C)C)c1ccc(I)c(Cl)c1Cl. The number of rotatable bonds is 22. The molecule has 2 aliphatic rings. The number of unbranched alkanes of at least 4 members (excludes halogenated alkanes) is 3. The van der Waals surface area contributed by atoms with Gasteiger partial charge in [-0.05, 0) is 197 Å². The molecule has 2 aliphatic heterocycles. The maximum Gasteiger partial charge on any atom is 0.408 e. The molecule has 6 heterocycles. The third-order valence-corrected chi connectivity index (χ3v) is 43.6. The van der Waals surface area contributed by atoms with Crippen LogP contribution >= 0.6 is 161 Å². The molecule has 4 aromatic heterocycles. The van der Waals surface area contributed by atoms with Crippen molar-refractivity contribution in [3.8, 4) is 33.8 Å². The first-order valence-corrected chi connectivity index (χ1v) is 55.6. The number of hydrogen-bond acceptors (Lipinski definition) is 16. The molecule has 2 saturated heterocycles. The minimum absolute atomic E-state index is 0. The van der Waals surface area contributed by atoms with E-state index in [4.69, 9.17) is 137 Å². The number of ether oxygens (including phenoxy) is 1. The number of nitrogens with one attached hydrogen (secondary N) is 3. The van der Waals surface area contributed by atoms with E-state index in [0.29, 0.717) is 84.6 Å². The number of benzene rings is 5. The fourth-order valence-corrected chi connectivity index (χ4v) is 34.2. The molecule has 11 rings (SSSR count). The van der Waals surface area contributed by atoms with Crippen molar-refractivity contribution < 1.29 is 14.3 Å². The summed E-state index contributed by atoms with van der Waals surface area (Å²) in [5.41, 5.74) is 20.0. The maximum atomic E-state index is 13.0. The molecule has 0 bridgehead atoms. The van der Waals surface area contributed by atoms with E-state index >= 15 is 0 Å². The summed E-state index contributed by atoms with van der Waals surface area (Å²) in [5, 5.41) is 14.2. The Morgan fingerprint density at radius 1 is 0.508 bits per heavy atom. The van der Waals surface area contributed by atoms with Gasteiger partial charge in [0.25, 0.3) is 0 Å². The summed E-state index contributed by atoms with van der Waals surface area (Å²) in [6.45, 7) is 37.5. The quantitative estimate of drug-likeness (QED) is 0.0241. The first-order valence-electron chi connectivity index (χ1n) is 42.2. The van der Waals surface area contributed by atoms with Crippen LogP contribution < -0.4 is 31.1 Å². The van der Waals surface area contributed by atoms with E-state index in [0.717, 1.165) is 71.3 Å². The minimum Gasteiger partial charge on any atom is -0.444 e. The van der Waals surface area contributed by atoms with Crippen molar-refractivity contribution in [2.24, 2.45) is 22.3 Å². The molecular formula is C94H130Cl10I2N16O3Sn. The van der Waals surface area contributed by atoms with Gasteiger partial charge >= 0.3 is 135 Å². The molecule has 126 heavy (non-hydrogen) atoms. The number of carbonyl (C=O) groups excluding carboxylic acids is 2. The van der Waals surface area contributed by atoms with Gasteiger partial charge in [-0.15, -0.1) is 0 Å². The van der Waals surface area contributed by atoms with Crippen LogP contribution in [-0.2, 0) is 4.74 Å². The van der Waals surface area contributed by atoms with Crippen LogP contribution in [0.5, 0.6) is 0 Å². The molecule has 0 aliphatic carbocycles. The van der Waals surface area contributed by atoms with E-state index in [1.807, 2.05) is 133 Å². The zero-order valence-electron chi connectivity index (χ0n) is 75.7. The third kappa shape index (κ3) is 34.7. The number of carbonyl (C=O) groups is 2. The van der Waals surface area contributed by atoms with Gasteiger partial charge in [0, 0.05) is 105 Å². The maximum absolute atomic E-state index is 13.0. The predicted molar refractivity (Wildman–Crippen MR) is 554 cm³/mol. The molecule has 692 valence electrons. The van der Waals surface area contributed by atoms with Crippen molar-refractivity contribution in [3.05, 3.63) is 220 Å². The van der Waals surface area contributed by atoms with E-state index in [2.05, 4.69) is 195 Å². The molecule has 19 nitrogen and oxygen atoms in total. The van der Waals surface area contributed by atoms with Crippen molar-refractivity contribution in [2.75, 3.05) is 54.4 Å². The first-order chi connectivity index (χ1) is 58.8. The average molecular weight is 2260 g/mol. The fraction of sp³-hybridized carbons (Fsp3) is 0.489. The second-order valence-corrected chi connectivity index (χ2v) is 53.4. The van der Waals surface area contributed by atoms with Crippen LogP contribution in [0.3, 0.4) is 0 Å². The molecule has 2 fully saturated rings. The fourth-order valence-electron chi connectivity index (χ4n) is 14.9. The number of halogens is 12. The van der Waals surface area contributed by atoms with Crippen LogP contribution in [0.1, 0.15) is 227 Å². The molecule has 0 unspecified atom stereocenters. The summed E-state index contributed by atoms with van der Waals surface area (Å²) >= 11 is 64.2. The zero-order valence-corrected chi connectivity index (χ0v) is 90.4. The smallest absolute Gasteiger partial charge is 0.408 e. The summed E-state index contributed by atoms with van der Waals surface area (Å²) < 4.78 is 12.9. The van der Waals surface area contributed by atoms with E-state index in [1.165, 1.54) is 75.1 Å².